The summed E-state index contributed by atoms with van der Waals surface area (Å²) in [5, 5.41) is 2.94. The number of rotatable bonds is 10. The molecule has 1 N–H and O–H groups in total. The van der Waals surface area contributed by atoms with Crippen molar-refractivity contribution in [2.45, 2.75) is 45.4 Å². The minimum absolute atomic E-state index is 0.0257. The first-order chi connectivity index (χ1) is 18.5. The lowest BCUT2D eigenvalue weighted by molar-refractivity contribution is -0.127. The molecular weight excluding hydrogens is 498 g/mol. The highest BCUT2D eigenvalue weighted by Crippen LogP contribution is 2.24. The maximum absolute atomic E-state index is 13.3. The first-order valence-corrected chi connectivity index (χ1v) is 13.6. The molecule has 1 fully saturated rings. The van der Waals surface area contributed by atoms with Crippen LogP contribution in [0.15, 0.2) is 54.7 Å². The fourth-order valence-corrected chi connectivity index (χ4v) is 5.59. The Morgan fingerprint density at radius 1 is 1.08 bits per heavy atom. The lowest BCUT2D eigenvalue weighted by Gasteiger charge is -2.14. The Labute approximate surface area is 225 Å². The number of carbonyl (C=O) groups excluding carboxylic acids is 3. The van der Waals surface area contributed by atoms with Crippen molar-refractivity contribution in [1.82, 2.24) is 19.2 Å². The largest absolute Gasteiger partial charge is 0.343 e. The van der Waals surface area contributed by atoms with Crippen molar-refractivity contribution in [3.63, 3.8) is 0 Å². The van der Waals surface area contributed by atoms with Gasteiger partial charge >= 0.3 is 0 Å². The van der Waals surface area contributed by atoms with Gasteiger partial charge in [0.25, 0.3) is 5.91 Å². The Morgan fingerprint density at radius 3 is 2.74 bits per heavy atom. The van der Waals surface area contributed by atoms with Crippen LogP contribution in [0, 0.1) is 6.92 Å². The topological polar surface area (TPSA) is 105 Å². The van der Waals surface area contributed by atoms with Gasteiger partial charge in [0.15, 0.2) is 5.78 Å². The second-order valence-corrected chi connectivity index (χ2v) is 10.4. The number of aryl methyl sites for hydroxylation is 1. The molecule has 1 aliphatic heterocycles. The molecular formula is C29H29N5O3S. The Bertz CT molecular complexity index is 1500. The number of hydrogen-bond donors (Lipinski definition) is 1. The third-order valence-corrected chi connectivity index (χ3v) is 7.63. The van der Waals surface area contributed by atoms with Gasteiger partial charge in [-0.25, -0.2) is 4.98 Å². The summed E-state index contributed by atoms with van der Waals surface area (Å²) >= 11 is 1.29. The molecule has 38 heavy (non-hydrogen) atoms. The summed E-state index contributed by atoms with van der Waals surface area (Å²) in [6.07, 6.45) is 5.69. The second-order valence-electron chi connectivity index (χ2n) is 9.49. The number of nitrogens with one attached hydrogen (secondary N) is 1. The van der Waals surface area contributed by atoms with Crippen LogP contribution in [0.5, 0.6) is 0 Å². The van der Waals surface area contributed by atoms with Gasteiger partial charge in [-0.3, -0.25) is 19.4 Å². The minimum atomic E-state index is -0.264. The summed E-state index contributed by atoms with van der Waals surface area (Å²) in [6.45, 7) is 3.35. The normalized spacial score (nSPS) is 13.3. The number of amides is 2. The smallest absolute Gasteiger partial charge is 0.258 e. The van der Waals surface area contributed by atoms with Crippen molar-refractivity contribution in [1.29, 1.82) is 0 Å². The molecule has 0 aliphatic carbocycles. The number of para-hydroxylation sites is 2. The van der Waals surface area contributed by atoms with Crippen LogP contribution in [0.4, 0.5) is 5.69 Å². The first kappa shape index (κ1) is 25.7. The van der Waals surface area contributed by atoms with E-state index >= 15 is 0 Å². The molecule has 3 heterocycles. The minimum Gasteiger partial charge on any atom is -0.343 e. The van der Waals surface area contributed by atoms with Gasteiger partial charge in [-0.05, 0) is 62.0 Å². The molecule has 2 aromatic heterocycles. The number of nitrogens with zero attached hydrogens (tertiary/aromatic N) is 4. The average Bonchev–Trinajstić information content (AvgIpc) is 3.50. The van der Waals surface area contributed by atoms with Gasteiger partial charge in [0, 0.05) is 54.7 Å². The molecule has 9 heteroatoms. The van der Waals surface area contributed by atoms with Crippen LogP contribution in [0.25, 0.3) is 11.0 Å². The molecule has 5 rings (SSSR count). The van der Waals surface area contributed by atoms with E-state index in [9.17, 15) is 14.4 Å². The number of unbranched alkanes of at least 4 members (excludes halogenated alkanes) is 1. The number of carbonyl (C=O) groups is 3. The third kappa shape index (κ3) is 5.94. The quantitative estimate of drug-likeness (QED) is 0.224. The van der Waals surface area contributed by atoms with Crippen molar-refractivity contribution in [3.05, 3.63) is 82.1 Å². The molecule has 0 bridgehead atoms. The Balaban J connectivity index is 1.21. The van der Waals surface area contributed by atoms with Crippen molar-refractivity contribution in [2.75, 3.05) is 18.4 Å². The fraction of sp³-hybridized carbons (Fsp3) is 0.310. The second kappa shape index (κ2) is 11.6. The molecule has 1 aliphatic rings. The number of Topliss-reactive ketones (excluding diaryl/α,β-unsaturated/α-hetero) is 1. The molecule has 0 spiro atoms. The van der Waals surface area contributed by atoms with Crippen molar-refractivity contribution < 1.29 is 14.4 Å². The van der Waals surface area contributed by atoms with E-state index in [0.717, 1.165) is 47.4 Å². The van der Waals surface area contributed by atoms with Gasteiger partial charge in [-0.1, -0.05) is 24.3 Å². The van der Waals surface area contributed by atoms with Crippen molar-refractivity contribution >= 4 is 45.9 Å². The van der Waals surface area contributed by atoms with Crippen LogP contribution >= 0.6 is 11.5 Å². The van der Waals surface area contributed by atoms with E-state index in [1.54, 1.807) is 30.5 Å². The van der Waals surface area contributed by atoms with E-state index in [1.807, 2.05) is 36.1 Å². The summed E-state index contributed by atoms with van der Waals surface area (Å²) in [5.41, 5.74) is 4.70. The van der Waals surface area contributed by atoms with Gasteiger partial charge in [-0.2, -0.15) is 4.37 Å². The zero-order valence-corrected chi connectivity index (χ0v) is 22.1. The molecule has 0 saturated carbocycles. The maximum atomic E-state index is 13.3. The highest BCUT2D eigenvalue weighted by atomic mass is 32.1. The number of fused-ring (bicyclic) bond motifs is 1. The number of likely N-dealkylation sites (tertiary alicyclic amines) is 1. The summed E-state index contributed by atoms with van der Waals surface area (Å²) in [6, 6.07) is 14.7. The summed E-state index contributed by atoms with van der Waals surface area (Å²) in [4.78, 5) is 49.6. The molecule has 1 saturated heterocycles. The van der Waals surface area contributed by atoms with E-state index < -0.39 is 0 Å². The number of hydrogen-bond acceptors (Lipinski definition) is 7. The van der Waals surface area contributed by atoms with Crippen LogP contribution in [0.3, 0.4) is 0 Å². The van der Waals surface area contributed by atoms with Crippen LogP contribution in [-0.2, 0) is 11.2 Å². The van der Waals surface area contributed by atoms with E-state index in [-0.39, 0.29) is 17.6 Å². The number of benzene rings is 2. The Morgan fingerprint density at radius 2 is 1.92 bits per heavy atom. The number of ketones is 1. The van der Waals surface area contributed by atoms with Gasteiger partial charge in [0.05, 0.1) is 28.0 Å². The lowest BCUT2D eigenvalue weighted by Crippen LogP contribution is -2.25. The Kier molecular flexibility index (Phi) is 7.83. The predicted molar refractivity (Wildman–Crippen MR) is 148 cm³/mol. The SMILES string of the molecule is Cc1nsc(Cc2cnc3ccccc3n2)c1C(=O)Nc1cccc(C(=O)CCCCN2CCCC2=O)c1. The van der Waals surface area contributed by atoms with Crippen LogP contribution in [0.2, 0.25) is 0 Å². The summed E-state index contributed by atoms with van der Waals surface area (Å²) < 4.78 is 4.41. The summed E-state index contributed by atoms with van der Waals surface area (Å²) in [5.74, 6) is -0.0261. The van der Waals surface area contributed by atoms with E-state index in [0.29, 0.717) is 48.3 Å². The zero-order valence-electron chi connectivity index (χ0n) is 21.3. The Hall–Kier alpha value is -3.98. The third-order valence-electron chi connectivity index (χ3n) is 6.70. The summed E-state index contributed by atoms with van der Waals surface area (Å²) in [7, 11) is 0. The number of aromatic nitrogens is 3. The molecule has 4 aromatic rings. The fourth-order valence-electron chi connectivity index (χ4n) is 4.71. The van der Waals surface area contributed by atoms with Gasteiger partial charge in [0.2, 0.25) is 5.91 Å². The monoisotopic (exact) mass is 527 g/mol. The molecule has 0 radical (unpaired) electrons. The van der Waals surface area contributed by atoms with Gasteiger partial charge in [0.1, 0.15) is 0 Å². The standard InChI is InChI=1S/C29H29N5O3S/c1-19-28(26(38-33-19)17-22-18-30-23-10-2-3-11-24(23)31-22)29(37)32-21-9-6-8-20(16-21)25(35)12-4-5-14-34-15-7-13-27(34)36/h2-3,6,8-11,16,18H,4-5,7,12-15,17H2,1H3,(H,32,37). The van der Waals surface area contributed by atoms with Crippen molar-refractivity contribution in [3.8, 4) is 0 Å². The molecule has 0 unspecified atom stereocenters. The maximum Gasteiger partial charge on any atom is 0.258 e. The lowest BCUT2D eigenvalue weighted by atomic mass is 10.0. The molecule has 0 atom stereocenters. The average molecular weight is 528 g/mol. The molecule has 2 aromatic carbocycles. The first-order valence-electron chi connectivity index (χ1n) is 12.9. The predicted octanol–water partition coefficient (Wildman–Crippen LogP) is 5.21. The van der Waals surface area contributed by atoms with E-state index in [1.165, 1.54) is 11.5 Å². The highest BCUT2D eigenvalue weighted by molar-refractivity contribution is 7.06. The molecule has 194 valence electrons. The van der Waals surface area contributed by atoms with E-state index in [4.69, 9.17) is 0 Å². The van der Waals surface area contributed by atoms with Crippen LogP contribution < -0.4 is 5.32 Å². The molecule has 2 amide bonds. The van der Waals surface area contributed by atoms with Crippen LogP contribution in [0.1, 0.15) is 69.1 Å². The van der Waals surface area contributed by atoms with Gasteiger partial charge in [-0.15, -0.1) is 0 Å². The van der Waals surface area contributed by atoms with Crippen molar-refractivity contribution in [2.24, 2.45) is 0 Å². The van der Waals surface area contributed by atoms with E-state index in [2.05, 4.69) is 19.7 Å². The highest BCUT2D eigenvalue weighted by Gasteiger charge is 2.21. The van der Waals surface area contributed by atoms with Crippen LogP contribution in [-0.4, -0.2) is 49.9 Å². The zero-order chi connectivity index (χ0) is 26.5. The van der Waals surface area contributed by atoms with Gasteiger partial charge < -0.3 is 10.2 Å². The molecule has 8 nitrogen and oxygen atoms in total. The number of anilines is 1.